The van der Waals surface area contributed by atoms with Gasteiger partial charge in [-0.25, -0.2) is 9.13 Å². The van der Waals surface area contributed by atoms with Gasteiger partial charge >= 0.3 is 39.5 Å². The number of ether oxygens (including phenoxy) is 4. The summed E-state index contributed by atoms with van der Waals surface area (Å²) in [5.74, 6) is -2.23. The molecule has 0 aliphatic heterocycles. The van der Waals surface area contributed by atoms with Crippen molar-refractivity contribution >= 4 is 39.5 Å². The van der Waals surface area contributed by atoms with E-state index in [-0.39, 0.29) is 25.7 Å². The van der Waals surface area contributed by atoms with Gasteiger partial charge in [0.15, 0.2) is 12.2 Å². The molecule has 0 aliphatic rings. The normalized spacial score (nSPS) is 14.5. The number of phosphoric ester groups is 2. The third-order valence-electron chi connectivity index (χ3n) is 17.8. The van der Waals surface area contributed by atoms with Crippen LogP contribution in [0.25, 0.3) is 0 Å². The maximum absolute atomic E-state index is 13.1. The van der Waals surface area contributed by atoms with Crippen molar-refractivity contribution in [1.82, 2.24) is 0 Å². The number of carbonyl (C=O) groups is 4. The van der Waals surface area contributed by atoms with E-state index in [1.807, 2.05) is 0 Å². The minimum atomic E-state index is -5.00. The van der Waals surface area contributed by atoms with Crippen LogP contribution in [0.2, 0.25) is 0 Å². The van der Waals surface area contributed by atoms with Crippen molar-refractivity contribution in [3.8, 4) is 0 Å². The lowest BCUT2D eigenvalue weighted by Gasteiger charge is -2.21. The van der Waals surface area contributed by atoms with E-state index in [0.717, 1.165) is 205 Å². The molecule has 0 amide bonds. The molecule has 0 aromatic heterocycles. The van der Waals surface area contributed by atoms with Crippen molar-refractivity contribution in [3.63, 3.8) is 0 Å². The zero-order valence-electron chi connectivity index (χ0n) is 69.1. The molecular formula is C91H154O17P2. The molecule has 17 nitrogen and oxygen atoms in total. The molecule has 3 N–H and O–H groups in total. The highest BCUT2D eigenvalue weighted by Gasteiger charge is 2.30. The molecule has 0 heterocycles. The van der Waals surface area contributed by atoms with Gasteiger partial charge < -0.3 is 33.8 Å². The van der Waals surface area contributed by atoms with E-state index in [2.05, 4.69) is 174 Å². The SMILES string of the molecule is CC/C=C\C/C=C\C/C=C\C/C=C\C/C=C\CCCCCC(=O)OCC(COP(=O)(O)OCC(O)COP(=O)(O)OCC(COC(=O)CCCCCCCC/C=C\C/C=C\C/C=C\C/C=C\CC)OC(=O)CCCCCCCCCCCCCCCCC)OC(=O)CCCCCCCCC/C=C\C/C=C\C/C=C\CC. The monoisotopic (exact) mass is 1580 g/mol. The van der Waals surface area contributed by atoms with Crippen molar-refractivity contribution < 1.29 is 80.2 Å². The number of rotatable bonds is 80. The van der Waals surface area contributed by atoms with Gasteiger partial charge in [-0.2, -0.15) is 0 Å². The van der Waals surface area contributed by atoms with Crippen molar-refractivity contribution in [2.24, 2.45) is 0 Å². The molecular weight excluding hydrogens is 1430 g/mol. The number of phosphoric acid groups is 2. The maximum Gasteiger partial charge on any atom is 0.472 e. The zero-order valence-corrected chi connectivity index (χ0v) is 70.9. The second-order valence-electron chi connectivity index (χ2n) is 28.3. The number of aliphatic hydroxyl groups is 1. The summed E-state index contributed by atoms with van der Waals surface area (Å²) in [5, 5.41) is 10.7. The molecule has 0 aliphatic carbocycles. The zero-order chi connectivity index (χ0) is 80.3. The van der Waals surface area contributed by atoms with Crippen LogP contribution < -0.4 is 0 Å². The minimum Gasteiger partial charge on any atom is -0.462 e. The third kappa shape index (κ3) is 81.0. The van der Waals surface area contributed by atoms with E-state index in [9.17, 15) is 43.2 Å². The summed E-state index contributed by atoms with van der Waals surface area (Å²) in [6, 6.07) is 0. The third-order valence-corrected chi connectivity index (χ3v) is 19.7. The Morgan fingerprint density at radius 1 is 0.264 bits per heavy atom. The van der Waals surface area contributed by atoms with Gasteiger partial charge in [-0.3, -0.25) is 37.3 Å². The number of aliphatic hydroxyl groups excluding tert-OH is 1. The first-order chi connectivity index (χ1) is 53.7. The van der Waals surface area contributed by atoms with Gasteiger partial charge in [0.1, 0.15) is 19.3 Å². The van der Waals surface area contributed by atoms with E-state index in [4.69, 9.17) is 37.0 Å². The van der Waals surface area contributed by atoms with Crippen LogP contribution in [-0.4, -0.2) is 96.7 Å². The summed E-state index contributed by atoms with van der Waals surface area (Å²) in [6.07, 6.45) is 95.1. The molecule has 0 bridgehead atoms. The minimum absolute atomic E-state index is 0.0725. The van der Waals surface area contributed by atoms with Crippen LogP contribution >= 0.6 is 15.6 Å². The van der Waals surface area contributed by atoms with E-state index in [0.29, 0.717) is 25.7 Å². The Morgan fingerprint density at radius 2 is 0.473 bits per heavy atom. The number of hydrogen-bond donors (Lipinski definition) is 3. The van der Waals surface area contributed by atoms with Crippen LogP contribution in [0.5, 0.6) is 0 Å². The molecule has 0 saturated heterocycles. The second kappa shape index (κ2) is 81.9. The van der Waals surface area contributed by atoms with Crippen LogP contribution in [0, 0.1) is 0 Å². The van der Waals surface area contributed by atoms with Gasteiger partial charge in [-0.05, 0) is 141 Å². The Morgan fingerprint density at radius 3 is 0.736 bits per heavy atom. The highest BCUT2D eigenvalue weighted by Crippen LogP contribution is 2.45. The molecule has 0 saturated carbocycles. The summed E-state index contributed by atoms with van der Waals surface area (Å²) < 4.78 is 68.8. The lowest BCUT2D eigenvalue weighted by molar-refractivity contribution is -0.161. The molecule has 0 rings (SSSR count). The molecule has 5 unspecified atom stereocenters. The molecule has 0 aromatic rings. The highest BCUT2D eigenvalue weighted by molar-refractivity contribution is 7.47. The van der Waals surface area contributed by atoms with Gasteiger partial charge in [-0.1, -0.05) is 328 Å². The smallest absolute Gasteiger partial charge is 0.462 e. The summed E-state index contributed by atoms with van der Waals surface area (Å²) in [5.41, 5.74) is 0. The first kappa shape index (κ1) is 105. The topological polar surface area (TPSA) is 237 Å². The standard InChI is InChI=1S/C91H154O17P2/c1-5-9-13-17-21-25-29-33-37-40-42-45-48-51-55-59-63-67-71-75-88(93)101-81-86(107-90(95)77-73-69-65-61-57-53-47-36-32-28-24-20-16-12-8-4)83-105-109(97,98)103-79-85(92)80-104-110(99,100)106-84-87(108-91(96)78-74-70-66-62-58-54-50-44-39-35-31-27-23-19-15-11-7-3)82-102-89(94)76-72-68-64-60-56-52-49-46-43-41-38-34-30-26-22-18-14-10-6-2/h9-11,13-15,21-23,25-27,33-35,37-39,42-43,45-46,52,56,85-87,92H,5-8,12,16-20,24,28-32,36,40-41,44,47-51,53-55,57-84H2,1-4H3,(H,97,98)(H,99,100)/b13-9-,14-10-,15-11-,25-21-,26-22-,27-23-,37-33-,38-34-,39-35-,45-42-,46-43-,56-52-. The van der Waals surface area contributed by atoms with Gasteiger partial charge in [0, 0.05) is 25.7 Å². The fraction of sp³-hybridized carbons (Fsp3) is 0.692. The molecule has 630 valence electrons. The summed E-state index contributed by atoms with van der Waals surface area (Å²) in [6.45, 7) is 4.53. The number of hydrogen-bond acceptors (Lipinski definition) is 15. The summed E-state index contributed by atoms with van der Waals surface area (Å²) in [7, 11) is -9.99. The molecule has 0 radical (unpaired) electrons. The van der Waals surface area contributed by atoms with E-state index < -0.39 is 97.5 Å². The number of carbonyl (C=O) groups excluding carboxylic acids is 4. The Kier molecular flexibility index (Phi) is 78.2. The molecule has 0 fully saturated rings. The predicted octanol–water partition coefficient (Wildman–Crippen LogP) is 25.8. The molecule has 19 heteroatoms. The Balaban J connectivity index is 5.42. The van der Waals surface area contributed by atoms with Crippen molar-refractivity contribution in [2.75, 3.05) is 39.6 Å². The van der Waals surface area contributed by atoms with E-state index in [1.54, 1.807) is 0 Å². The molecule has 0 spiro atoms. The predicted molar refractivity (Wildman–Crippen MR) is 454 cm³/mol. The van der Waals surface area contributed by atoms with Gasteiger partial charge in [0.25, 0.3) is 0 Å². The number of unbranched alkanes of at least 4 members (excludes halogenated alkanes) is 30. The molecule has 0 aromatic carbocycles. The lowest BCUT2D eigenvalue weighted by atomic mass is 10.0. The van der Waals surface area contributed by atoms with Crippen molar-refractivity contribution in [3.05, 3.63) is 146 Å². The van der Waals surface area contributed by atoms with Gasteiger partial charge in [0.2, 0.25) is 0 Å². The summed E-state index contributed by atoms with van der Waals surface area (Å²) >= 11 is 0. The number of esters is 4. The van der Waals surface area contributed by atoms with Crippen LogP contribution in [0.15, 0.2) is 146 Å². The summed E-state index contributed by atoms with van der Waals surface area (Å²) in [4.78, 5) is 73.3. The van der Waals surface area contributed by atoms with E-state index >= 15 is 0 Å². The first-order valence-corrected chi connectivity index (χ1v) is 46.1. The van der Waals surface area contributed by atoms with Gasteiger partial charge in [0.05, 0.1) is 26.4 Å². The van der Waals surface area contributed by atoms with Gasteiger partial charge in [-0.15, -0.1) is 0 Å². The maximum atomic E-state index is 13.1. The average molecular weight is 1580 g/mol. The van der Waals surface area contributed by atoms with Crippen molar-refractivity contribution in [2.45, 2.75) is 367 Å². The Labute approximate surface area is 668 Å². The fourth-order valence-electron chi connectivity index (χ4n) is 11.4. The Bertz CT molecular complexity index is 2650. The van der Waals surface area contributed by atoms with Crippen LogP contribution in [0.3, 0.4) is 0 Å². The number of allylic oxidation sites excluding steroid dienone is 24. The average Bonchev–Trinajstić information content (AvgIpc) is 0.906. The van der Waals surface area contributed by atoms with Crippen LogP contribution in [0.4, 0.5) is 0 Å². The molecule has 110 heavy (non-hydrogen) atoms. The lowest BCUT2D eigenvalue weighted by Crippen LogP contribution is -2.30. The largest absolute Gasteiger partial charge is 0.472 e. The Hall–Kier alpha value is -5.06. The highest BCUT2D eigenvalue weighted by atomic mass is 31.2. The van der Waals surface area contributed by atoms with E-state index in [1.165, 1.54) is 64.2 Å². The van der Waals surface area contributed by atoms with Crippen molar-refractivity contribution in [1.29, 1.82) is 0 Å². The molecule has 5 atom stereocenters. The van der Waals surface area contributed by atoms with Crippen LogP contribution in [0.1, 0.15) is 349 Å². The first-order valence-electron chi connectivity index (χ1n) is 43.1. The van der Waals surface area contributed by atoms with Crippen LogP contribution in [-0.2, 0) is 65.4 Å². The fourth-order valence-corrected chi connectivity index (χ4v) is 13.0. The quantitative estimate of drug-likeness (QED) is 0.0169. The second-order valence-corrected chi connectivity index (χ2v) is 31.2.